The average Bonchev–Trinajstić information content (AvgIpc) is 3.22. The summed E-state index contributed by atoms with van der Waals surface area (Å²) in [6.07, 6.45) is 0. The Bertz CT molecular complexity index is 1210. The van der Waals surface area contributed by atoms with E-state index in [1.807, 2.05) is 47.0 Å². The molecule has 31 heavy (non-hydrogen) atoms. The number of nitro benzene ring substituents is 1. The number of benzene rings is 3. The Morgan fingerprint density at radius 1 is 1.06 bits per heavy atom. The van der Waals surface area contributed by atoms with Crippen LogP contribution in [-0.4, -0.2) is 26.8 Å². The molecule has 0 aliphatic heterocycles. The molecule has 0 saturated carbocycles. The molecule has 0 radical (unpaired) electrons. The largest absolute Gasteiger partial charge is 0.495 e. The van der Waals surface area contributed by atoms with Crippen molar-refractivity contribution in [2.45, 2.75) is 10.9 Å². The van der Waals surface area contributed by atoms with Gasteiger partial charge in [0.2, 0.25) is 0 Å². The molecule has 0 atom stereocenters. The van der Waals surface area contributed by atoms with Gasteiger partial charge < -0.3 is 4.74 Å². The van der Waals surface area contributed by atoms with E-state index in [0.29, 0.717) is 27.5 Å². The van der Waals surface area contributed by atoms with Gasteiger partial charge in [-0.15, -0.1) is 10.2 Å². The molecule has 0 aliphatic rings. The smallest absolute Gasteiger partial charge is 0.269 e. The van der Waals surface area contributed by atoms with Crippen molar-refractivity contribution in [3.8, 4) is 22.8 Å². The lowest BCUT2D eigenvalue weighted by Gasteiger charge is -2.12. The molecule has 0 amide bonds. The van der Waals surface area contributed by atoms with Crippen LogP contribution in [0.3, 0.4) is 0 Å². The van der Waals surface area contributed by atoms with E-state index in [1.54, 1.807) is 25.3 Å². The van der Waals surface area contributed by atoms with Gasteiger partial charge in [-0.2, -0.15) is 0 Å². The zero-order valence-electron chi connectivity index (χ0n) is 16.4. The van der Waals surface area contributed by atoms with Crippen LogP contribution in [-0.2, 0) is 5.75 Å². The predicted molar refractivity (Wildman–Crippen MR) is 121 cm³/mol. The number of halogens is 1. The molecule has 4 rings (SSSR count). The Labute approximate surface area is 187 Å². The Kier molecular flexibility index (Phi) is 6.20. The van der Waals surface area contributed by atoms with Crippen LogP contribution in [0, 0.1) is 10.1 Å². The van der Waals surface area contributed by atoms with Gasteiger partial charge in [0, 0.05) is 23.4 Å². The van der Waals surface area contributed by atoms with Crippen LogP contribution in [0.4, 0.5) is 5.69 Å². The van der Waals surface area contributed by atoms with Crippen LogP contribution >= 0.6 is 23.4 Å². The number of hydrogen-bond donors (Lipinski definition) is 0. The molecule has 3 aromatic carbocycles. The third-order valence-corrected chi connectivity index (χ3v) is 5.87. The maximum Gasteiger partial charge on any atom is 0.269 e. The highest BCUT2D eigenvalue weighted by Gasteiger charge is 2.17. The molecule has 156 valence electrons. The molecule has 0 bridgehead atoms. The average molecular weight is 453 g/mol. The molecule has 1 aromatic heterocycles. The number of nitrogens with zero attached hydrogens (tertiary/aromatic N) is 4. The van der Waals surface area contributed by atoms with Crippen LogP contribution in [0.25, 0.3) is 17.1 Å². The summed E-state index contributed by atoms with van der Waals surface area (Å²) < 4.78 is 7.21. The molecule has 4 aromatic rings. The number of nitro groups is 1. The molecular weight excluding hydrogens is 436 g/mol. The summed E-state index contributed by atoms with van der Waals surface area (Å²) in [5, 5.41) is 20.8. The molecule has 0 unspecified atom stereocenters. The minimum Gasteiger partial charge on any atom is -0.495 e. The van der Waals surface area contributed by atoms with E-state index in [4.69, 9.17) is 16.3 Å². The van der Waals surface area contributed by atoms with E-state index in [9.17, 15) is 10.1 Å². The first kappa shape index (κ1) is 20.9. The van der Waals surface area contributed by atoms with Gasteiger partial charge in [-0.25, -0.2) is 0 Å². The molecule has 9 heteroatoms. The van der Waals surface area contributed by atoms with Crippen LogP contribution in [0.1, 0.15) is 5.56 Å². The van der Waals surface area contributed by atoms with Crippen LogP contribution < -0.4 is 4.74 Å². The second-order valence-electron chi connectivity index (χ2n) is 6.54. The first-order valence-corrected chi connectivity index (χ1v) is 10.6. The maximum absolute atomic E-state index is 10.9. The second kappa shape index (κ2) is 9.20. The molecule has 0 spiro atoms. The highest BCUT2D eigenvalue weighted by Crippen LogP contribution is 2.33. The Morgan fingerprint density at radius 2 is 1.81 bits per heavy atom. The summed E-state index contributed by atoms with van der Waals surface area (Å²) in [4.78, 5) is 10.5. The zero-order chi connectivity index (χ0) is 21.8. The zero-order valence-corrected chi connectivity index (χ0v) is 18.0. The summed E-state index contributed by atoms with van der Waals surface area (Å²) in [5.74, 6) is 1.85. The first-order valence-electron chi connectivity index (χ1n) is 9.27. The lowest BCUT2D eigenvalue weighted by molar-refractivity contribution is -0.384. The summed E-state index contributed by atoms with van der Waals surface area (Å²) in [5.41, 5.74) is 2.74. The van der Waals surface area contributed by atoms with Gasteiger partial charge in [0.15, 0.2) is 11.0 Å². The Balaban J connectivity index is 1.70. The fourth-order valence-corrected chi connectivity index (χ4v) is 4.19. The first-order chi connectivity index (χ1) is 15.1. The van der Waals surface area contributed by atoms with Crippen LogP contribution in [0.5, 0.6) is 5.75 Å². The van der Waals surface area contributed by atoms with Gasteiger partial charge in [-0.3, -0.25) is 14.7 Å². The van der Waals surface area contributed by atoms with Gasteiger partial charge in [0.1, 0.15) is 5.75 Å². The third-order valence-electron chi connectivity index (χ3n) is 4.57. The Morgan fingerprint density at radius 3 is 2.45 bits per heavy atom. The number of hydrogen-bond acceptors (Lipinski definition) is 6. The SMILES string of the molecule is COc1ccc(-n2c(SCc3ccc([N+](=O)[O-])cc3)nnc2-c2ccccc2)cc1Cl. The second-order valence-corrected chi connectivity index (χ2v) is 7.89. The summed E-state index contributed by atoms with van der Waals surface area (Å²) >= 11 is 7.86. The molecule has 0 aliphatic carbocycles. The van der Waals surface area contributed by atoms with Crippen molar-refractivity contribution < 1.29 is 9.66 Å². The van der Waals surface area contributed by atoms with Crippen molar-refractivity contribution in [3.63, 3.8) is 0 Å². The Hall–Kier alpha value is -3.36. The monoisotopic (exact) mass is 452 g/mol. The van der Waals surface area contributed by atoms with Crippen molar-refractivity contribution >= 4 is 29.1 Å². The number of thioether (sulfide) groups is 1. The molecular formula is C22H17ClN4O3S. The normalized spacial score (nSPS) is 10.8. The fraction of sp³-hybridized carbons (Fsp3) is 0.0909. The standard InChI is InChI=1S/C22H17ClN4O3S/c1-30-20-12-11-18(13-19(20)23)26-21(16-5-3-2-4-6-16)24-25-22(26)31-14-15-7-9-17(10-8-15)27(28)29/h2-13H,14H2,1H3. The summed E-state index contributed by atoms with van der Waals surface area (Å²) in [6, 6.07) is 21.8. The van der Waals surface area contributed by atoms with Crippen molar-refractivity contribution in [2.75, 3.05) is 7.11 Å². The number of aromatic nitrogens is 3. The molecule has 1 heterocycles. The highest BCUT2D eigenvalue weighted by atomic mass is 35.5. The lowest BCUT2D eigenvalue weighted by Crippen LogP contribution is -2.00. The fourth-order valence-electron chi connectivity index (χ4n) is 3.03. The minimum atomic E-state index is -0.410. The van der Waals surface area contributed by atoms with E-state index >= 15 is 0 Å². The van der Waals surface area contributed by atoms with E-state index in [0.717, 1.165) is 16.8 Å². The van der Waals surface area contributed by atoms with Crippen molar-refractivity contribution in [1.82, 2.24) is 14.8 Å². The van der Waals surface area contributed by atoms with Gasteiger partial charge >= 0.3 is 0 Å². The van der Waals surface area contributed by atoms with E-state index in [-0.39, 0.29) is 5.69 Å². The minimum absolute atomic E-state index is 0.0659. The van der Waals surface area contributed by atoms with Crippen molar-refractivity contribution in [3.05, 3.63) is 93.5 Å². The molecule has 0 fully saturated rings. The number of non-ortho nitro benzene ring substituents is 1. The predicted octanol–water partition coefficient (Wildman–Crippen LogP) is 5.80. The number of methoxy groups -OCH3 is 1. The molecule has 0 N–H and O–H groups in total. The van der Waals surface area contributed by atoms with Gasteiger partial charge in [-0.1, -0.05) is 65.8 Å². The van der Waals surface area contributed by atoms with Gasteiger partial charge in [0.25, 0.3) is 5.69 Å². The van der Waals surface area contributed by atoms with Gasteiger partial charge in [-0.05, 0) is 23.8 Å². The topological polar surface area (TPSA) is 83.1 Å². The van der Waals surface area contributed by atoms with E-state index < -0.39 is 4.92 Å². The highest BCUT2D eigenvalue weighted by molar-refractivity contribution is 7.98. The van der Waals surface area contributed by atoms with Crippen molar-refractivity contribution in [1.29, 1.82) is 0 Å². The number of ether oxygens (including phenoxy) is 1. The quantitative estimate of drug-likeness (QED) is 0.200. The summed E-state index contributed by atoms with van der Waals surface area (Å²) in [6.45, 7) is 0. The molecule has 7 nitrogen and oxygen atoms in total. The van der Waals surface area contributed by atoms with Crippen molar-refractivity contribution in [2.24, 2.45) is 0 Å². The van der Waals surface area contributed by atoms with Crippen LogP contribution in [0.15, 0.2) is 78.0 Å². The molecule has 0 saturated heterocycles. The lowest BCUT2D eigenvalue weighted by atomic mass is 10.2. The maximum atomic E-state index is 10.9. The number of rotatable bonds is 7. The summed E-state index contributed by atoms with van der Waals surface area (Å²) in [7, 11) is 1.57. The van der Waals surface area contributed by atoms with Gasteiger partial charge in [0.05, 0.1) is 22.7 Å². The van der Waals surface area contributed by atoms with E-state index in [1.165, 1.54) is 23.9 Å². The third kappa shape index (κ3) is 4.55. The van der Waals surface area contributed by atoms with E-state index in [2.05, 4.69) is 10.2 Å². The van der Waals surface area contributed by atoms with Crippen LogP contribution in [0.2, 0.25) is 5.02 Å².